The van der Waals surface area contributed by atoms with Gasteiger partial charge in [0.15, 0.2) is 17.3 Å². The zero-order valence-electron chi connectivity index (χ0n) is 15.4. The molecular weight excluding hydrogens is 344 g/mol. The molecule has 0 atom stereocenters. The fourth-order valence-electron chi connectivity index (χ4n) is 2.99. The first-order chi connectivity index (χ1) is 13.2. The van der Waals surface area contributed by atoms with Gasteiger partial charge in [-0.2, -0.15) is 0 Å². The van der Waals surface area contributed by atoms with Crippen LogP contribution in [0.2, 0.25) is 0 Å². The average Bonchev–Trinajstić information content (AvgIpc) is 3.28. The van der Waals surface area contributed by atoms with E-state index in [2.05, 4.69) is 42.5 Å². The van der Waals surface area contributed by atoms with Gasteiger partial charge in [0.05, 0.1) is 24.7 Å². The molecule has 8 nitrogen and oxygen atoms in total. The minimum Gasteiger partial charge on any atom is -0.497 e. The Kier molecular flexibility index (Phi) is 4.45. The van der Waals surface area contributed by atoms with Crippen LogP contribution in [0.5, 0.6) is 5.75 Å². The van der Waals surface area contributed by atoms with Crippen molar-refractivity contribution in [1.29, 1.82) is 0 Å². The van der Waals surface area contributed by atoms with Crippen LogP contribution in [0, 0.1) is 13.8 Å². The largest absolute Gasteiger partial charge is 0.497 e. The van der Waals surface area contributed by atoms with Crippen molar-refractivity contribution in [3.05, 3.63) is 47.6 Å². The predicted octanol–water partition coefficient (Wildman–Crippen LogP) is 3.29. The van der Waals surface area contributed by atoms with Gasteiger partial charge >= 0.3 is 0 Å². The molecule has 4 rings (SSSR count). The highest BCUT2D eigenvalue weighted by molar-refractivity contribution is 5.84. The van der Waals surface area contributed by atoms with Gasteiger partial charge in [-0.05, 0) is 38.0 Å². The number of fused-ring (bicyclic) bond motifs is 1. The molecule has 2 N–H and O–H groups in total. The van der Waals surface area contributed by atoms with E-state index in [1.165, 1.54) is 5.56 Å². The predicted molar refractivity (Wildman–Crippen MR) is 102 cm³/mol. The normalized spacial score (nSPS) is 11.1. The van der Waals surface area contributed by atoms with E-state index in [4.69, 9.17) is 9.26 Å². The maximum absolute atomic E-state index is 5.25. The van der Waals surface area contributed by atoms with E-state index in [-0.39, 0.29) is 0 Å². The summed E-state index contributed by atoms with van der Waals surface area (Å²) in [7, 11) is 1.66. The molecule has 8 heteroatoms. The zero-order chi connectivity index (χ0) is 18.8. The van der Waals surface area contributed by atoms with Crippen molar-refractivity contribution in [3.8, 4) is 17.1 Å². The van der Waals surface area contributed by atoms with E-state index >= 15 is 0 Å². The third-order valence-corrected chi connectivity index (χ3v) is 4.41. The van der Waals surface area contributed by atoms with Crippen molar-refractivity contribution in [2.24, 2.45) is 0 Å². The van der Waals surface area contributed by atoms with E-state index in [9.17, 15) is 0 Å². The molecule has 0 saturated carbocycles. The van der Waals surface area contributed by atoms with Crippen molar-refractivity contribution in [1.82, 2.24) is 25.1 Å². The van der Waals surface area contributed by atoms with Gasteiger partial charge in [-0.1, -0.05) is 17.3 Å². The molecule has 0 amide bonds. The molecule has 0 spiro atoms. The zero-order valence-corrected chi connectivity index (χ0v) is 15.4. The van der Waals surface area contributed by atoms with Gasteiger partial charge < -0.3 is 19.6 Å². The first-order valence-electron chi connectivity index (χ1n) is 8.67. The molecule has 0 fully saturated rings. The van der Waals surface area contributed by atoms with Crippen LogP contribution >= 0.6 is 0 Å². The van der Waals surface area contributed by atoms with Crippen molar-refractivity contribution >= 4 is 17.0 Å². The molecule has 138 valence electrons. The molecule has 0 aliphatic heterocycles. The molecule has 1 aromatic carbocycles. The van der Waals surface area contributed by atoms with Gasteiger partial charge in [0.1, 0.15) is 17.0 Å². The third kappa shape index (κ3) is 3.33. The third-order valence-electron chi connectivity index (χ3n) is 4.41. The number of imidazole rings is 1. The second-order valence-electron chi connectivity index (χ2n) is 6.22. The van der Waals surface area contributed by atoms with Crippen molar-refractivity contribution in [3.63, 3.8) is 0 Å². The highest BCUT2D eigenvalue weighted by Crippen LogP contribution is 2.27. The molecule has 0 bridgehead atoms. The van der Waals surface area contributed by atoms with Crippen LogP contribution in [0.4, 0.5) is 5.82 Å². The number of hydrogen-bond donors (Lipinski definition) is 2. The molecule has 0 aliphatic rings. The van der Waals surface area contributed by atoms with Crippen LogP contribution in [0.15, 0.2) is 35.1 Å². The average molecular weight is 364 g/mol. The molecule has 27 heavy (non-hydrogen) atoms. The molecule has 3 aromatic heterocycles. The standard InChI is InChI=1S/C19H20N6O2/c1-11-15(12(2)27-25-11)17-23-18(16-19(24-17)22-10-21-16)20-9-8-13-4-6-14(26-3)7-5-13/h4-7,10H,8-9H2,1-3H3,(H2,20,21,22,23,24). The summed E-state index contributed by atoms with van der Waals surface area (Å²) in [6, 6.07) is 8.04. The lowest BCUT2D eigenvalue weighted by Crippen LogP contribution is -2.08. The summed E-state index contributed by atoms with van der Waals surface area (Å²) < 4.78 is 10.4. The number of benzene rings is 1. The summed E-state index contributed by atoms with van der Waals surface area (Å²) in [6.07, 6.45) is 2.47. The summed E-state index contributed by atoms with van der Waals surface area (Å²) in [4.78, 5) is 16.6. The van der Waals surface area contributed by atoms with E-state index in [0.29, 0.717) is 23.0 Å². The summed E-state index contributed by atoms with van der Waals surface area (Å²) in [5.74, 6) is 2.80. The summed E-state index contributed by atoms with van der Waals surface area (Å²) in [5.41, 5.74) is 4.15. The van der Waals surface area contributed by atoms with Crippen LogP contribution in [-0.4, -0.2) is 38.7 Å². The minimum atomic E-state index is 0.554. The molecule has 0 aliphatic carbocycles. The number of anilines is 1. The lowest BCUT2D eigenvalue weighted by molar-refractivity contribution is 0.393. The van der Waals surface area contributed by atoms with E-state index < -0.39 is 0 Å². The Morgan fingerprint density at radius 2 is 1.96 bits per heavy atom. The number of H-pyrrole nitrogens is 1. The van der Waals surface area contributed by atoms with Crippen LogP contribution in [0.1, 0.15) is 17.0 Å². The smallest absolute Gasteiger partial charge is 0.183 e. The highest BCUT2D eigenvalue weighted by atomic mass is 16.5. The summed E-state index contributed by atoms with van der Waals surface area (Å²) >= 11 is 0. The molecule has 0 unspecified atom stereocenters. The monoisotopic (exact) mass is 364 g/mol. The van der Waals surface area contributed by atoms with Crippen LogP contribution in [0.3, 0.4) is 0 Å². The van der Waals surface area contributed by atoms with Crippen molar-refractivity contribution in [2.75, 3.05) is 19.0 Å². The summed E-state index contributed by atoms with van der Waals surface area (Å²) in [6.45, 7) is 4.45. The van der Waals surface area contributed by atoms with Gasteiger partial charge in [-0.3, -0.25) is 0 Å². The fraction of sp³-hybridized carbons (Fsp3) is 0.263. The second-order valence-corrected chi connectivity index (χ2v) is 6.22. The maximum Gasteiger partial charge on any atom is 0.183 e. The topological polar surface area (TPSA) is 102 Å². The Balaban J connectivity index is 1.58. The molecule has 3 heterocycles. The Bertz CT molecular complexity index is 1050. The lowest BCUT2D eigenvalue weighted by atomic mass is 10.1. The number of aromatic nitrogens is 5. The first-order valence-corrected chi connectivity index (χ1v) is 8.67. The van der Waals surface area contributed by atoms with Crippen molar-refractivity contribution in [2.45, 2.75) is 20.3 Å². The number of nitrogens with one attached hydrogen (secondary N) is 2. The van der Waals surface area contributed by atoms with E-state index in [1.54, 1.807) is 13.4 Å². The van der Waals surface area contributed by atoms with Gasteiger partial charge in [0.2, 0.25) is 0 Å². The number of aromatic amines is 1. The highest BCUT2D eigenvalue weighted by Gasteiger charge is 2.18. The van der Waals surface area contributed by atoms with Gasteiger partial charge in [0.25, 0.3) is 0 Å². The molecule has 4 aromatic rings. The van der Waals surface area contributed by atoms with Crippen LogP contribution in [0.25, 0.3) is 22.6 Å². The molecule has 0 radical (unpaired) electrons. The Labute approximate surface area is 156 Å². The first kappa shape index (κ1) is 17.0. The fourth-order valence-corrected chi connectivity index (χ4v) is 2.99. The number of hydrogen-bond acceptors (Lipinski definition) is 7. The number of ether oxygens (including phenoxy) is 1. The lowest BCUT2D eigenvalue weighted by Gasteiger charge is -2.09. The second kappa shape index (κ2) is 7.06. The van der Waals surface area contributed by atoms with E-state index in [0.717, 1.165) is 35.5 Å². The van der Waals surface area contributed by atoms with E-state index in [1.807, 2.05) is 26.0 Å². The Morgan fingerprint density at radius 1 is 1.15 bits per heavy atom. The Morgan fingerprint density at radius 3 is 2.67 bits per heavy atom. The van der Waals surface area contributed by atoms with Gasteiger partial charge in [-0.25, -0.2) is 15.0 Å². The minimum absolute atomic E-state index is 0.554. The number of rotatable bonds is 6. The quantitative estimate of drug-likeness (QED) is 0.541. The maximum atomic E-state index is 5.25. The van der Waals surface area contributed by atoms with Gasteiger partial charge in [0, 0.05) is 6.54 Å². The molecule has 0 saturated heterocycles. The SMILES string of the molecule is COc1ccc(CCNc2nc(-c3c(C)noc3C)nc3nc[nH]c23)cc1. The van der Waals surface area contributed by atoms with Gasteiger partial charge in [-0.15, -0.1) is 0 Å². The number of nitrogens with zero attached hydrogens (tertiary/aromatic N) is 4. The number of aryl methyl sites for hydroxylation is 2. The Hall–Kier alpha value is -3.42. The summed E-state index contributed by atoms with van der Waals surface area (Å²) in [5, 5.41) is 7.38. The number of methoxy groups -OCH3 is 1. The van der Waals surface area contributed by atoms with Crippen LogP contribution < -0.4 is 10.1 Å². The van der Waals surface area contributed by atoms with Crippen molar-refractivity contribution < 1.29 is 9.26 Å². The van der Waals surface area contributed by atoms with Crippen LogP contribution in [-0.2, 0) is 6.42 Å². The molecular formula is C19H20N6O2.